The van der Waals surface area contributed by atoms with Crippen LogP contribution in [0.25, 0.3) is 5.69 Å². The molecule has 0 spiro atoms. The quantitative estimate of drug-likeness (QED) is 0.881. The summed E-state index contributed by atoms with van der Waals surface area (Å²) < 4.78 is 29.1. The molecule has 1 aromatic heterocycles. The third kappa shape index (κ3) is 2.23. The lowest BCUT2D eigenvalue weighted by Crippen LogP contribution is -2.56. The topological polar surface area (TPSA) is 67.2 Å². The van der Waals surface area contributed by atoms with Crippen molar-refractivity contribution in [1.29, 1.82) is 0 Å². The van der Waals surface area contributed by atoms with Crippen LogP contribution in [0.3, 0.4) is 0 Å². The molecule has 0 saturated heterocycles. The SMILES string of the molecule is O=C(NC1(CO)CCC1)c1nn(-c2ccc(F)cc2F)c2c1C[C@H]1C[C@@H]21. The third-order valence-corrected chi connectivity index (χ3v) is 6.11. The third-order valence-electron chi connectivity index (χ3n) is 6.11. The van der Waals surface area contributed by atoms with E-state index in [1.54, 1.807) is 0 Å². The normalized spacial score (nSPS) is 24.6. The molecule has 0 bridgehead atoms. The molecule has 0 radical (unpaired) electrons. The zero-order chi connectivity index (χ0) is 18.1. The van der Waals surface area contributed by atoms with E-state index in [2.05, 4.69) is 10.4 Å². The molecule has 1 aromatic carbocycles. The van der Waals surface area contributed by atoms with Crippen LogP contribution in [-0.4, -0.2) is 32.9 Å². The maximum atomic E-state index is 14.3. The Kier molecular flexibility index (Phi) is 3.28. The number of hydrogen-bond acceptors (Lipinski definition) is 3. The van der Waals surface area contributed by atoms with Gasteiger partial charge in [0.25, 0.3) is 5.91 Å². The van der Waals surface area contributed by atoms with Crippen LogP contribution in [0.1, 0.15) is 53.3 Å². The van der Waals surface area contributed by atoms with Gasteiger partial charge >= 0.3 is 0 Å². The first-order valence-corrected chi connectivity index (χ1v) is 9.02. The molecule has 136 valence electrons. The Bertz CT molecular complexity index is 914. The summed E-state index contributed by atoms with van der Waals surface area (Å²) in [5.41, 5.74) is 1.64. The predicted molar refractivity (Wildman–Crippen MR) is 89.2 cm³/mol. The van der Waals surface area contributed by atoms with Gasteiger partial charge in [0, 0.05) is 17.5 Å². The molecular formula is C19H19F2N3O2. The fourth-order valence-corrected chi connectivity index (χ4v) is 4.36. The standard InChI is InChI=1S/C19H19F2N3O2/c20-11-2-3-15(14(21)8-11)24-17-12-6-10(12)7-13(17)16(23-24)18(26)22-19(9-25)4-1-5-19/h2-3,8,10,12,25H,1,4-7,9H2,(H,22,26)/t10-,12-/m1/s1. The van der Waals surface area contributed by atoms with Gasteiger partial charge in [-0.05, 0) is 50.2 Å². The van der Waals surface area contributed by atoms with Crippen LogP contribution in [0.2, 0.25) is 0 Å². The van der Waals surface area contributed by atoms with E-state index < -0.39 is 17.2 Å². The minimum atomic E-state index is -0.697. The maximum absolute atomic E-state index is 14.3. The van der Waals surface area contributed by atoms with Crippen LogP contribution in [-0.2, 0) is 6.42 Å². The summed E-state index contributed by atoms with van der Waals surface area (Å²) in [5, 5.41) is 16.9. The second-order valence-corrected chi connectivity index (χ2v) is 7.77. The second-order valence-electron chi connectivity index (χ2n) is 7.77. The van der Waals surface area contributed by atoms with E-state index in [1.165, 1.54) is 16.8 Å². The molecule has 3 aliphatic carbocycles. The predicted octanol–water partition coefficient (Wildman–Crippen LogP) is 2.45. The number of nitrogens with zero attached hydrogens (tertiary/aromatic N) is 2. The van der Waals surface area contributed by atoms with Crippen molar-refractivity contribution < 1.29 is 18.7 Å². The first-order valence-electron chi connectivity index (χ1n) is 9.02. The molecular weight excluding hydrogens is 340 g/mol. The lowest BCUT2D eigenvalue weighted by molar-refractivity contribution is 0.0636. The molecule has 26 heavy (non-hydrogen) atoms. The Balaban J connectivity index is 1.56. The molecule has 2 saturated carbocycles. The summed E-state index contributed by atoms with van der Waals surface area (Å²) in [6.07, 6.45) is 4.24. The van der Waals surface area contributed by atoms with E-state index in [0.29, 0.717) is 17.5 Å². The summed E-state index contributed by atoms with van der Waals surface area (Å²) in [6.45, 7) is -0.0977. The lowest BCUT2D eigenvalue weighted by atomic mass is 9.77. The number of benzene rings is 1. The summed E-state index contributed by atoms with van der Waals surface area (Å²) in [4.78, 5) is 12.8. The molecule has 0 unspecified atom stereocenters. The highest BCUT2D eigenvalue weighted by Gasteiger charge is 2.51. The van der Waals surface area contributed by atoms with Gasteiger partial charge in [-0.25, -0.2) is 13.5 Å². The van der Waals surface area contributed by atoms with E-state index >= 15 is 0 Å². The van der Waals surface area contributed by atoms with Crippen molar-refractivity contribution in [3.8, 4) is 5.69 Å². The first kappa shape index (κ1) is 15.9. The average Bonchev–Trinajstić information content (AvgIpc) is 3.08. The first-order chi connectivity index (χ1) is 12.5. The zero-order valence-electron chi connectivity index (χ0n) is 14.1. The number of hydrogen-bond donors (Lipinski definition) is 2. The van der Waals surface area contributed by atoms with Gasteiger partial charge in [-0.2, -0.15) is 5.10 Å². The van der Waals surface area contributed by atoms with Crippen molar-refractivity contribution >= 4 is 5.91 Å². The molecule has 2 aromatic rings. The summed E-state index contributed by atoms with van der Waals surface area (Å²) in [5.74, 6) is -0.888. The number of fused-ring (bicyclic) bond motifs is 3. The van der Waals surface area contributed by atoms with Crippen LogP contribution < -0.4 is 5.32 Å². The van der Waals surface area contributed by atoms with Crippen LogP contribution in [0.15, 0.2) is 18.2 Å². The number of aliphatic hydroxyl groups is 1. The fourth-order valence-electron chi connectivity index (χ4n) is 4.36. The fraction of sp³-hybridized carbons (Fsp3) is 0.474. The minimum absolute atomic E-state index is 0.0977. The zero-order valence-corrected chi connectivity index (χ0v) is 14.1. The number of amides is 1. The Morgan fingerprint density at radius 3 is 2.85 bits per heavy atom. The summed E-state index contributed by atoms with van der Waals surface area (Å²) >= 11 is 0. The molecule has 2 atom stereocenters. The van der Waals surface area contributed by atoms with Gasteiger partial charge in [0.1, 0.15) is 11.5 Å². The molecule has 0 aliphatic heterocycles. The Labute approximate surface area is 149 Å². The number of aromatic nitrogens is 2. The summed E-state index contributed by atoms with van der Waals surface area (Å²) in [6, 6.07) is 3.38. The minimum Gasteiger partial charge on any atom is -0.394 e. The van der Waals surface area contributed by atoms with Crippen LogP contribution in [0.4, 0.5) is 8.78 Å². The number of aliphatic hydroxyl groups excluding tert-OH is 1. The van der Waals surface area contributed by atoms with Crippen LogP contribution >= 0.6 is 0 Å². The molecule has 2 N–H and O–H groups in total. The van der Waals surface area contributed by atoms with E-state index in [-0.39, 0.29) is 18.2 Å². The number of carbonyl (C=O) groups is 1. The molecule has 7 heteroatoms. The monoisotopic (exact) mass is 359 g/mol. The Hall–Kier alpha value is -2.28. The number of rotatable bonds is 4. The molecule has 1 heterocycles. The van der Waals surface area contributed by atoms with Crippen LogP contribution in [0.5, 0.6) is 0 Å². The molecule has 3 aliphatic rings. The van der Waals surface area contributed by atoms with Gasteiger partial charge in [0.15, 0.2) is 11.5 Å². The highest BCUT2D eigenvalue weighted by Crippen LogP contribution is 2.57. The van der Waals surface area contributed by atoms with Gasteiger partial charge in [0.05, 0.1) is 17.8 Å². The van der Waals surface area contributed by atoms with Crippen molar-refractivity contribution in [3.05, 3.63) is 46.8 Å². The molecule has 5 rings (SSSR count). The molecule has 5 nitrogen and oxygen atoms in total. The van der Waals surface area contributed by atoms with Crippen molar-refractivity contribution in [3.63, 3.8) is 0 Å². The Morgan fingerprint density at radius 1 is 1.38 bits per heavy atom. The van der Waals surface area contributed by atoms with E-state index in [4.69, 9.17) is 0 Å². The lowest BCUT2D eigenvalue weighted by Gasteiger charge is -2.40. The highest BCUT2D eigenvalue weighted by molar-refractivity contribution is 5.95. The van der Waals surface area contributed by atoms with E-state index in [0.717, 1.165) is 49.4 Å². The van der Waals surface area contributed by atoms with Crippen LogP contribution in [0, 0.1) is 17.6 Å². The van der Waals surface area contributed by atoms with Gasteiger partial charge in [-0.15, -0.1) is 0 Å². The summed E-state index contributed by atoms with van der Waals surface area (Å²) in [7, 11) is 0. The van der Waals surface area contributed by atoms with Crippen molar-refractivity contribution in [1.82, 2.24) is 15.1 Å². The second kappa shape index (κ2) is 5.36. The highest BCUT2D eigenvalue weighted by atomic mass is 19.1. The maximum Gasteiger partial charge on any atom is 0.272 e. The van der Waals surface area contributed by atoms with Crippen molar-refractivity contribution in [2.45, 2.75) is 43.6 Å². The Morgan fingerprint density at radius 2 is 2.19 bits per heavy atom. The van der Waals surface area contributed by atoms with Crippen molar-refractivity contribution in [2.75, 3.05) is 6.61 Å². The molecule has 2 fully saturated rings. The molecule has 1 amide bonds. The number of carbonyl (C=O) groups excluding carboxylic acids is 1. The average molecular weight is 359 g/mol. The van der Waals surface area contributed by atoms with E-state index in [1.807, 2.05) is 0 Å². The smallest absolute Gasteiger partial charge is 0.272 e. The van der Waals surface area contributed by atoms with Crippen molar-refractivity contribution in [2.24, 2.45) is 5.92 Å². The van der Waals surface area contributed by atoms with Gasteiger partial charge in [-0.3, -0.25) is 4.79 Å². The van der Waals surface area contributed by atoms with E-state index in [9.17, 15) is 18.7 Å². The number of halogens is 2. The van der Waals surface area contributed by atoms with Gasteiger partial charge in [-0.1, -0.05) is 0 Å². The van der Waals surface area contributed by atoms with Gasteiger partial charge < -0.3 is 10.4 Å². The largest absolute Gasteiger partial charge is 0.394 e. The van der Waals surface area contributed by atoms with Gasteiger partial charge in [0.2, 0.25) is 0 Å². The number of nitrogens with one attached hydrogen (secondary N) is 1.